The molecule has 0 aliphatic carbocycles. The van der Waals surface area contributed by atoms with E-state index in [1.807, 2.05) is 0 Å². The number of hydrogen-bond acceptors (Lipinski definition) is 6. The maximum absolute atomic E-state index is 12.3. The van der Waals surface area contributed by atoms with E-state index in [0.29, 0.717) is 10.6 Å². The minimum absolute atomic E-state index is 0.138. The van der Waals surface area contributed by atoms with Crippen molar-refractivity contribution in [2.75, 3.05) is 20.8 Å². The predicted octanol–water partition coefficient (Wildman–Crippen LogP) is 0.505. The van der Waals surface area contributed by atoms with Crippen LogP contribution in [0.4, 0.5) is 0 Å². The summed E-state index contributed by atoms with van der Waals surface area (Å²) in [6.07, 6.45) is -0.490. The van der Waals surface area contributed by atoms with Crippen molar-refractivity contribution >= 4 is 23.2 Å². The number of β-amino-alcohol motifs (C(OH)–C–C–N with tert-alkyl or cyclic N) is 1. The highest BCUT2D eigenvalue weighted by Gasteiger charge is 2.40. The molecule has 2 rings (SSSR count). The van der Waals surface area contributed by atoms with Gasteiger partial charge in [-0.05, 0) is 0 Å². The molecular weight excluding hydrogens is 270 g/mol. The third kappa shape index (κ3) is 2.71. The van der Waals surface area contributed by atoms with E-state index in [0.717, 1.165) is 0 Å². The Bertz CT molecular complexity index is 486. The zero-order valence-electron chi connectivity index (χ0n) is 10.7. The molecule has 0 bridgehead atoms. The zero-order valence-corrected chi connectivity index (χ0v) is 11.5. The number of hydrogen-bond donors (Lipinski definition) is 1. The van der Waals surface area contributed by atoms with Gasteiger partial charge in [0.2, 0.25) is 0 Å². The Morgan fingerprint density at radius 3 is 2.79 bits per heavy atom. The maximum atomic E-state index is 12.3. The maximum Gasteiger partial charge on any atom is 0.328 e. The molecular formula is C12H15NO5S. The van der Waals surface area contributed by atoms with Gasteiger partial charge in [-0.15, -0.1) is 11.3 Å². The van der Waals surface area contributed by atoms with Gasteiger partial charge < -0.3 is 19.5 Å². The highest BCUT2D eigenvalue weighted by atomic mass is 32.1. The van der Waals surface area contributed by atoms with Crippen LogP contribution in [-0.2, 0) is 9.53 Å². The summed E-state index contributed by atoms with van der Waals surface area (Å²) in [5.74, 6) is -0.198. The summed E-state index contributed by atoms with van der Waals surface area (Å²) in [6, 6.07) is 0.895. The summed E-state index contributed by atoms with van der Waals surface area (Å²) in [5.41, 5.74) is 0. The molecule has 0 radical (unpaired) electrons. The van der Waals surface area contributed by atoms with E-state index < -0.39 is 18.1 Å². The fourth-order valence-electron chi connectivity index (χ4n) is 2.08. The topological polar surface area (TPSA) is 76.1 Å². The van der Waals surface area contributed by atoms with Crippen LogP contribution in [0.15, 0.2) is 11.4 Å². The molecule has 1 aliphatic heterocycles. The quantitative estimate of drug-likeness (QED) is 0.819. The second-order valence-corrected chi connectivity index (χ2v) is 5.15. The first-order chi connectivity index (χ1) is 9.06. The number of ether oxygens (including phenoxy) is 2. The molecule has 1 amide bonds. The number of thiophene rings is 1. The predicted molar refractivity (Wildman–Crippen MR) is 68.3 cm³/mol. The largest absolute Gasteiger partial charge is 0.496 e. The van der Waals surface area contributed by atoms with E-state index in [1.165, 1.54) is 30.5 Å². The molecule has 2 atom stereocenters. The highest BCUT2D eigenvalue weighted by molar-refractivity contribution is 7.12. The van der Waals surface area contributed by atoms with Gasteiger partial charge in [-0.1, -0.05) is 0 Å². The van der Waals surface area contributed by atoms with Crippen molar-refractivity contribution in [1.82, 2.24) is 4.90 Å². The van der Waals surface area contributed by atoms with Crippen molar-refractivity contribution in [2.45, 2.75) is 18.6 Å². The Morgan fingerprint density at radius 1 is 1.47 bits per heavy atom. The number of esters is 1. The second-order valence-electron chi connectivity index (χ2n) is 4.24. The molecule has 1 aromatic heterocycles. The van der Waals surface area contributed by atoms with Crippen molar-refractivity contribution in [3.8, 4) is 5.75 Å². The molecule has 1 N–H and O–H groups in total. The number of rotatable bonds is 3. The summed E-state index contributed by atoms with van der Waals surface area (Å²) < 4.78 is 9.68. The molecule has 0 spiro atoms. The van der Waals surface area contributed by atoms with Gasteiger partial charge in [0.15, 0.2) is 0 Å². The number of amides is 1. The lowest BCUT2D eigenvalue weighted by Gasteiger charge is -2.21. The Kier molecular flexibility index (Phi) is 4.06. The average molecular weight is 285 g/mol. The molecule has 104 valence electrons. The number of aliphatic hydroxyl groups excluding tert-OH is 1. The molecule has 0 aromatic carbocycles. The SMILES string of the molecule is COC(=O)C1CC(O)CN1C(=O)c1cc(OC)cs1. The monoisotopic (exact) mass is 285 g/mol. The third-order valence-corrected chi connectivity index (χ3v) is 3.93. The molecule has 0 saturated carbocycles. The number of carbonyl (C=O) groups is 2. The van der Waals surface area contributed by atoms with E-state index in [4.69, 9.17) is 4.74 Å². The Labute approximate surface area is 114 Å². The lowest BCUT2D eigenvalue weighted by Crippen LogP contribution is -2.40. The fourth-order valence-corrected chi connectivity index (χ4v) is 2.89. The van der Waals surface area contributed by atoms with Gasteiger partial charge >= 0.3 is 5.97 Å². The normalized spacial score (nSPS) is 22.4. The Hall–Kier alpha value is -1.60. The van der Waals surface area contributed by atoms with Gasteiger partial charge in [-0.2, -0.15) is 0 Å². The zero-order chi connectivity index (χ0) is 14.0. The van der Waals surface area contributed by atoms with Crippen LogP contribution in [0.5, 0.6) is 5.75 Å². The first-order valence-electron chi connectivity index (χ1n) is 5.76. The fraction of sp³-hybridized carbons (Fsp3) is 0.500. The number of carbonyl (C=O) groups excluding carboxylic acids is 2. The second kappa shape index (κ2) is 5.58. The summed E-state index contributed by atoms with van der Waals surface area (Å²) in [4.78, 5) is 25.8. The molecule has 1 aromatic rings. The lowest BCUT2D eigenvalue weighted by molar-refractivity contribution is -0.145. The van der Waals surface area contributed by atoms with Crippen LogP contribution in [-0.4, -0.2) is 54.8 Å². The van der Waals surface area contributed by atoms with E-state index in [2.05, 4.69) is 4.74 Å². The van der Waals surface area contributed by atoms with Gasteiger partial charge in [0.25, 0.3) is 5.91 Å². The van der Waals surface area contributed by atoms with E-state index in [1.54, 1.807) is 11.4 Å². The van der Waals surface area contributed by atoms with Crippen molar-refractivity contribution in [1.29, 1.82) is 0 Å². The van der Waals surface area contributed by atoms with Crippen LogP contribution in [0.1, 0.15) is 16.1 Å². The third-order valence-electron chi connectivity index (χ3n) is 3.04. The molecule has 7 heteroatoms. The molecule has 1 saturated heterocycles. The highest BCUT2D eigenvalue weighted by Crippen LogP contribution is 2.27. The van der Waals surface area contributed by atoms with Crippen LogP contribution in [0.2, 0.25) is 0 Å². The van der Waals surface area contributed by atoms with Gasteiger partial charge in [-0.25, -0.2) is 4.79 Å². The lowest BCUT2D eigenvalue weighted by atomic mass is 10.2. The van der Waals surface area contributed by atoms with Gasteiger partial charge in [0.1, 0.15) is 11.8 Å². The van der Waals surface area contributed by atoms with Crippen LogP contribution >= 0.6 is 11.3 Å². The van der Waals surface area contributed by atoms with E-state index in [-0.39, 0.29) is 18.9 Å². The first-order valence-corrected chi connectivity index (χ1v) is 6.64. The number of nitrogens with zero attached hydrogens (tertiary/aromatic N) is 1. The molecule has 1 fully saturated rings. The summed E-state index contributed by atoms with van der Waals surface area (Å²) in [7, 11) is 2.79. The Balaban J connectivity index is 2.19. The van der Waals surface area contributed by atoms with Crippen molar-refractivity contribution in [2.24, 2.45) is 0 Å². The minimum atomic E-state index is -0.722. The number of likely N-dealkylation sites (tertiary alicyclic amines) is 1. The van der Waals surface area contributed by atoms with Crippen molar-refractivity contribution in [3.05, 3.63) is 16.3 Å². The van der Waals surface area contributed by atoms with Crippen LogP contribution in [0.25, 0.3) is 0 Å². The van der Waals surface area contributed by atoms with Crippen molar-refractivity contribution in [3.63, 3.8) is 0 Å². The average Bonchev–Trinajstić information content (AvgIpc) is 3.03. The van der Waals surface area contributed by atoms with E-state index in [9.17, 15) is 14.7 Å². The van der Waals surface area contributed by atoms with Gasteiger partial charge in [0.05, 0.1) is 25.2 Å². The van der Waals surface area contributed by atoms with Crippen LogP contribution < -0.4 is 4.74 Å². The van der Waals surface area contributed by atoms with Crippen LogP contribution in [0, 0.1) is 0 Å². The molecule has 1 aliphatic rings. The van der Waals surface area contributed by atoms with E-state index >= 15 is 0 Å². The van der Waals surface area contributed by atoms with Crippen molar-refractivity contribution < 1.29 is 24.2 Å². The summed E-state index contributed by atoms with van der Waals surface area (Å²) >= 11 is 1.24. The molecule has 6 nitrogen and oxygen atoms in total. The summed E-state index contributed by atoms with van der Waals surface area (Å²) in [5, 5.41) is 11.4. The Morgan fingerprint density at radius 2 is 2.21 bits per heavy atom. The van der Waals surface area contributed by atoms with Gasteiger partial charge in [0, 0.05) is 24.4 Å². The smallest absolute Gasteiger partial charge is 0.328 e. The standard InChI is InChI=1S/C12H15NO5S/c1-17-8-4-10(19-6-8)11(15)13-5-7(14)3-9(13)12(16)18-2/h4,6-7,9,14H,3,5H2,1-2H3. The summed E-state index contributed by atoms with van der Waals surface area (Å²) in [6.45, 7) is 0.138. The molecule has 19 heavy (non-hydrogen) atoms. The van der Waals surface area contributed by atoms with Gasteiger partial charge in [-0.3, -0.25) is 4.79 Å². The number of aliphatic hydroxyl groups is 1. The van der Waals surface area contributed by atoms with Crippen LogP contribution in [0.3, 0.4) is 0 Å². The minimum Gasteiger partial charge on any atom is -0.496 e. The molecule has 2 heterocycles. The first kappa shape index (κ1) is 13.8. The number of methoxy groups -OCH3 is 2. The molecule has 2 unspecified atom stereocenters.